The maximum absolute atomic E-state index is 11.7. The lowest BCUT2D eigenvalue weighted by Gasteiger charge is -2.06. The zero-order valence-corrected chi connectivity index (χ0v) is 12.2. The Morgan fingerprint density at radius 2 is 2.00 bits per heavy atom. The smallest absolute Gasteiger partial charge is 0.307 e. The molecule has 6 heteroatoms. The van der Waals surface area contributed by atoms with Gasteiger partial charge in [-0.2, -0.15) is 5.10 Å². The van der Waals surface area contributed by atoms with Crippen molar-refractivity contribution in [2.75, 3.05) is 0 Å². The Morgan fingerprint density at radius 3 is 2.73 bits per heavy atom. The molecule has 0 saturated carbocycles. The van der Waals surface area contributed by atoms with Gasteiger partial charge in [0.2, 0.25) is 0 Å². The highest BCUT2D eigenvalue weighted by atomic mass is 35.5. The van der Waals surface area contributed by atoms with E-state index < -0.39 is 5.91 Å². The first-order chi connectivity index (χ1) is 10.7. The molecule has 110 valence electrons. The summed E-state index contributed by atoms with van der Waals surface area (Å²) < 4.78 is 6.91. The van der Waals surface area contributed by atoms with Crippen LogP contribution in [0, 0.1) is 0 Å². The Labute approximate surface area is 131 Å². The first-order valence-electron chi connectivity index (χ1n) is 6.54. The standard InChI is InChI=1S/C16H12ClN3O2/c17-12-5-7-13(8-6-12)20-9-1-3-14(20)11-18-19-16(21)15-4-2-10-22-15/h1-11H,(H,19,21)/b18-11-. The highest BCUT2D eigenvalue weighted by Gasteiger charge is 2.06. The topological polar surface area (TPSA) is 59.5 Å². The number of halogens is 1. The van der Waals surface area contributed by atoms with E-state index in [1.807, 2.05) is 47.2 Å². The molecule has 0 unspecified atom stereocenters. The van der Waals surface area contributed by atoms with Crippen LogP contribution >= 0.6 is 11.6 Å². The minimum absolute atomic E-state index is 0.213. The van der Waals surface area contributed by atoms with Crippen LogP contribution in [0.15, 0.2) is 70.5 Å². The molecule has 0 radical (unpaired) electrons. The molecular formula is C16H12ClN3O2. The van der Waals surface area contributed by atoms with E-state index in [0.29, 0.717) is 5.02 Å². The number of aromatic nitrogens is 1. The maximum atomic E-state index is 11.7. The van der Waals surface area contributed by atoms with Crippen molar-refractivity contribution in [3.63, 3.8) is 0 Å². The molecule has 1 N–H and O–H groups in total. The van der Waals surface area contributed by atoms with Crippen LogP contribution in [0.4, 0.5) is 0 Å². The van der Waals surface area contributed by atoms with E-state index in [2.05, 4.69) is 10.5 Å². The third kappa shape index (κ3) is 3.10. The summed E-state index contributed by atoms with van der Waals surface area (Å²) in [5.41, 5.74) is 4.19. The molecule has 1 amide bonds. The third-order valence-electron chi connectivity index (χ3n) is 2.99. The van der Waals surface area contributed by atoms with Gasteiger partial charge in [0.05, 0.1) is 18.2 Å². The third-order valence-corrected chi connectivity index (χ3v) is 3.24. The molecule has 22 heavy (non-hydrogen) atoms. The maximum Gasteiger partial charge on any atom is 0.307 e. The summed E-state index contributed by atoms with van der Waals surface area (Å²) in [6.45, 7) is 0. The summed E-state index contributed by atoms with van der Waals surface area (Å²) in [4.78, 5) is 11.7. The quantitative estimate of drug-likeness (QED) is 0.592. The molecule has 0 aliphatic heterocycles. The van der Waals surface area contributed by atoms with Crippen molar-refractivity contribution in [3.8, 4) is 5.69 Å². The molecule has 2 aromatic heterocycles. The number of hydrazone groups is 1. The number of nitrogens with zero attached hydrogens (tertiary/aromatic N) is 2. The van der Waals surface area contributed by atoms with Gasteiger partial charge in [-0.25, -0.2) is 5.43 Å². The van der Waals surface area contributed by atoms with Crippen LogP contribution in [0.1, 0.15) is 16.2 Å². The predicted octanol–water partition coefficient (Wildman–Crippen LogP) is 3.49. The summed E-state index contributed by atoms with van der Waals surface area (Å²) in [6, 6.07) is 14.4. The average Bonchev–Trinajstić information content (AvgIpc) is 3.19. The van der Waals surface area contributed by atoms with Crippen LogP contribution in [0.2, 0.25) is 5.02 Å². The van der Waals surface area contributed by atoms with Crippen molar-refractivity contribution in [1.29, 1.82) is 0 Å². The summed E-state index contributed by atoms with van der Waals surface area (Å²) in [5.74, 6) is -0.184. The summed E-state index contributed by atoms with van der Waals surface area (Å²) in [7, 11) is 0. The lowest BCUT2D eigenvalue weighted by molar-refractivity contribution is 0.0927. The van der Waals surface area contributed by atoms with Crippen LogP contribution in [0.3, 0.4) is 0 Å². The number of nitrogens with one attached hydrogen (secondary N) is 1. The van der Waals surface area contributed by atoms with E-state index in [4.69, 9.17) is 16.0 Å². The first kappa shape index (κ1) is 14.2. The van der Waals surface area contributed by atoms with Gasteiger partial charge in [0, 0.05) is 16.9 Å². The minimum atomic E-state index is -0.397. The van der Waals surface area contributed by atoms with Gasteiger partial charge in [0.1, 0.15) is 0 Å². The number of carbonyl (C=O) groups excluding carboxylic acids is 1. The molecule has 0 fully saturated rings. The molecule has 0 saturated heterocycles. The second-order valence-corrected chi connectivity index (χ2v) is 4.89. The number of furan rings is 1. The van der Waals surface area contributed by atoms with Gasteiger partial charge >= 0.3 is 5.91 Å². The molecule has 0 aliphatic rings. The molecule has 1 aromatic carbocycles. The zero-order chi connectivity index (χ0) is 15.4. The summed E-state index contributed by atoms with van der Waals surface area (Å²) in [5, 5.41) is 4.62. The molecule has 2 heterocycles. The van der Waals surface area contributed by atoms with E-state index in [9.17, 15) is 4.79 Å². The first-order valence-corrected chi connectivity index (χ1v) is 6.92. The van der Waals surface area contributed by atoms with E-state index in [1.54, 1.807) is 18.3 Å². The molecule has 3 aromatic rings. The van der Waals surface area contributed by atoms with Crippen LogP contribution in [0.25, 0.3) is 5.69 Å². The fraction of sp³-hybridized carbons (Fsp3) is 0. The zero-order valence-electron chi connectivity index (χ0n) is 11.4. The van der Waals surface area contributed by atoms with E-state index >= 15 is 0 Å². The van der Waals surface area contributed by atoms with E-state index in [1.165, 1.54) is 6.26 Å². The predicted molar refractivity (Wildman–Crippen MR) is 84.5 cm³/mol. The van der Waals surface area contributed by atoms with Gasteiger partial charge < -0.3 is 8.98 Å². The van der Waals surface area contributed by atoms with Crippen LogP contribution < -0.4 is 5.43 Å². The lowest BCUT2D eigenvalue weighted by atomic mass is 10.3. The minimum Gasteiger partial charge on any atom is -0.459 e. The van der Waals surface area contributed by atoms with Crippen molar-refractivity contribution in [1.82, 2.24) is 9.99 Å². The van der Waals surface area contributed by atoms with Crippen molar-refractivity contribution < 1.29 is 9.21 Å². The normalized spacial score (nSPS) is 11.0. The van der Waals surface area contributed by atoms with Crippen molar-refractivity contribution in [2.24, 2.45) is 5.10 Å². The monoisotopic (exact) mass is 313 g/mol. The van der Waals surface area contributed by atoms with Crippen LogP contribution in [-0.2, 0) is 0 Å². The Balaban J connectivity index is 1.74. The summed E-state index contributed by atoms with van der Waals surface area (Å²) in [6.07, 6.45) is 4.90. The van der Waals surface area contributed by atoms with Gasteiger partial charge in [-0.1, -0.05) is 11.6 Å². The van der Waals surface area contributed by atoms with Gasteiger partial charge in [0.25, 0.3) is 0 Å². The number of carbonyl (C=O) groups is 1. The number of benzene rings is 1. The van der Waals surface area contributed by atoms with Crippen molar-refractivity contribution >= 4 is 23.7 Å². The van der Waals surface area contributed by atoms with Crippen molar-refractivity contribution in [2.45, 2.75) is 0 Å². The largest absolute Gasteiger partial charge is 0.459 e. The highest BCUT2D eigenvalue weighted by Crippen LogP contribution is 2.15. The highest BCUT2D eigenvalue weighted by molar-refractivity contribution is 6.30. The number of amides is 1. The van der Waals surface area contributed by atoms with Gasteiger partial charge in [0.15, 0.2) is 5.76 Å². The number of hydrogen-bond acceptors (Lipinski definition) is 3. The Morgan fingerprint density at radius 1 is 1.18 bits per heavy atom. The Kier molecular flexibility index (Phi) is 4.07. The van der Waals surface area contributed by atoms with Crippen LogP contribution in [-0.4, -0.2) is 16.7 Å². The second-order valence-electron chi connectivity index (χ2n) is 4.46. The fourth-order valence-corrected chi connectivity index (χ4v) is 2.08. The van der Waals surface area contributed by atoms with E-state index in [-0.39, 0.29) is 5.76 Å². The SMILES string of the molecule is O=C(N/N=C\c1cccn1-c1ccc(Cl)cc1)c1ccco1. The molecule has 0 aliphatic carbocycles. The van der Waals surface area contributed by atoms with Gasteiger partial charge in [-0.05, 0) is 48.5 Å². The van der Waals surface area contributed by atoms with Gasteiger partial charge in [-0.15, -0.1) is 0 Å². The van der Waals surface area contributed by atoms with Crippen molar-refractivity contribution in [3.05, 3.63) is 77.5 Å². The lowest BCUT2D eigenvalue weighted by Crippen LogP contribution is -2.17. The second kappa shape index (κ2) is 6.32. The molecule has 0 bridgehead atoms. The van der Waals surface area contributed by atoms with E-state index in [0.717, 1.165) is 11.4 Å². The number of rotatable bonds is 4. The molecule has 3 rings (SSSR count). The molecule has 5 nitrogen and oxygen atoms in total. The average molecular weight is 314 g/mol. The molecular weight excluding hydrogens is 302 g/mol. The molecule has 0 spiro atoms. The van der Waals surface area contributed by atoms with Crippen LogP contribution in [0.5, 0.6) is 0 Å². The summed E-state index contributed by atoms with van der Waals surface area (Å²) >= 11 is 5.89. The molecule has 0 atom stereocenters. The fourth-order valence-electron chi connectivity index (χ4n) is 1.96. The number of hydrogen-bond donors (Lipinski definition) is 1. The Hall–Kier alpha value is -2.79. The Bertz CT molecular complexity index is 789. The van der Waals surface area contributed by atoms with Gasteiger partial charge in [-0.3, -0.25) is 4.79 Å².